The highest BCUT2D eigenvalue weighted by Gasteiger charge is 2.32. The average Bonchev–Trinajstić information content (AvgIpc) is 2.50. The van der Waals surface area contributed by atoms with E-state index < -0.39 is 11.9 Å². The van der Waals surface area contributed by atoms with Gasteiger partial charge in [-0.25, -0.2) is 0 Å². The second kappa shape index (κ2) is 6.58. The zero-order valence-corrected chi connectivity index (χ0v) is 10.8. The molecule has 20 heavy (non-hydrogen) atoms. The van der Waals surface area contributed by atoms with Crippen LogP contribution < -0.4 is 16.0 Å². The molecule has 0 bridgehead atoms. The molecule has 1 amide bonds. The Bertz CT molecular complexity index is 572. The second-order valence-corrected chi connectivity index (χ2v) is 4.36. The third-order valence-corrected chi connectivity index (χ3v) is 2.91. The van der Waals surface area contributed by atoms with Gasteiger partial charge < -0.3 is 5.73 Å². The van der Waals surface area contributed by atoms with Crippen LogP contribution in [0.15, 0.2) is 60.7 Å². The summed E-state index contributed by atoms with van der Waals surface area (Å²) in [5.74, 6) is -0.518. The molecule has 2 aromatic carbocycles. The van der Waals surface area contributed by atoms with Gasteiger partial charge in [-0.3, -0.25) is 4.79 Å². The van der Waals surface area contributed by atoms with Crippen LogP contribution in [0.5, 0.6) is 0 Å². The first kappa shape index (κ1) is 13.9. The topological polar surface area (TPSA) is 77.5 Å². The number of nitrogens with zero attached hydrogens (tertiary/aromatic N) is 2. The zero-order chi connectivity index (χ0) is 14.4. The summed E-state index contributed by atoms with van der Waals surface area (Å²) in [7, 11) is 0. The molecule has 0 aliphatic rings. The number of carbonyl (C=O) groups is 1. The zero-order valence-electron chi connectivity index (χ0n) is 10.8. The number of nitroso groups, excluding NO2 is 1. The van der Waals surface area contributed by atoms with E-state index in [1.54, 1.807) is 30.3 Å². The van der Waals surface area contributed by atoms with Gasteiger partial charge in [-0.1, -0.05) is 48.5 Å². The summed E-state index contributed by atoms with van der Waals surface area (Å²) >= 11 is 0. The Hall–Kier alpha value is -2.53. The first-order valence-corrected chi connectivity index (χ1v) is 6.24. The largest absolute Gasteiger partial charge is 0.494 e. The van der Waals surface area contributed by atoms with Gasteiger partial charge in [0.05, 0.1) is 6.04 Å². The Morgan fingerprint density at radius 1 is 1.05 bits per heavy atom. The molecular formula is C15H15N3O2+. The van der Waals surface area contributed by atoms with Crippen LogP contribution >= 0.6 is 0 Å². The second-order valence-electron chi connectivity index (χ2n) is 4.36. The Balaban J connectivity index is 2.11. The highest BCUT2D eigenvalue weighted by Crippen LogP contribution is 2.13. The minimum atomic E-state index is -0.810. The lowest BCUT2D eigenvalue weighted by molar-refractivity contribution is -0.120. The first-order chi connectivity index (χ1) is 9.72. The SMILES string of the molecule is N[C@@H](Cc1ccccc1)C(=O)N([N+]=O)c1ccccc1. The van der Waals surface area contributed by atoms with Crippen molar-refractivity contribution in [1.82, 2.24) is 5.29 Å². The molecular weight excluding hydrogens is 254 g/mol. The molecule has 2 aromatic rings. The highest BCUT2D eigenvalue weighted by atomic mass is 16.3. The summed E-state index contributed by atoms with van der Waals surface area (Å²) in [6.07, 6.45) is 0.360. The van der Waals surface area contributed by atoms with Crippen molar-refractivity contribution >= 4 is 11.6 Å². The Kier molecular flexibility index (Phi) is 4.57. The van der Waals surface area contributed by atoms with E-state index in [9.17, 15) is 9.70 Å². The lowest BCUT2D eigenvalue weighted by Gasteiger charge is -2.11. The molecule has 5 heteroatoms. The summed E-state index contributed by atoms with van der Waals surface area (Å²) < 4.78 is 0. The molecule has 2 rings (SSSR count). The number of nitrogens with two attached hydrogens (primary N) is 1. The van der Waals surface area contributed by atoms with E-state index in [4.69, 9.17) is 5.73 Å². The van der Waals surface area contributed by atoms with Gasteiger partial charge in [-0.15, -0.1) is 0 Å². The van der Waals surface area contributed by atoms with Crippen LogP contribution in [0.2, 0.25) is 0 Å². The molecule has 1 radical (unpaired) electrons. The minimum Gasteiger partial charge on any atom is -0.319 e. The van der Waals surface area contributed by atoms with Gasteiger partial charge in [-0.05, 0) is 24.1 Å². The molecule has 2 N–H and O–H groups in total. The summed E-state index contributed by atoms with van der Waals surface area (Å²) in [6.45, 7) is 0. The number of anilines is 1. The van der Waals surface area contributed by atoms with Crippen molar-refractivity contribution in [2.24, 2.45) is 5.73 Å². The summed E-state index contributed by atoms with van der Waals surface area (Å²) in [6, 6.07) is 17.1. The standard InChI is InChI=1S/C15H15N3O2/c16-14(11-12-7-3-1-4-8-12)15(19)18(17-20)13-9-5-2-6-10-13/h1-10,14H,11,16H2/q+1/t14-/m0/s1. The van der Waals surface area contributed by atoms with Crippen LogP contribution in [0.4, 0.5) is 5.69 Å². The van der Waals surface area contributed by atoms with Crippen LogP contribution in [-0.4, -0.2) is 11.9 Å². The fourth-order valence-electron chi connectivity index (χ4n) is 1.90. The van der Waals surface area contributed by atoms with Crippen molar-refractivity contribution < 1.29 is 4.79 Å². The summed E-state index contributed by atoms with van der Waals surface area (Å²) in [5.41, 5.74) is 7.22. The van der Waals surface area contributed by atoms with Gasteiger partial charge in [0.25, 0.3) is 0 Å². The number of amides is 1. The molecule has 0 aliphatic carbocycles. The van der Waals surface area contributed by atoms with Crippen LogP contribution in [0.3, 0.4) is 0 Å². The van der Waals surface area contributed by atoms with Crippen LogP contribution in [0.25, 0.3) is 0 Å². The predicted molar refractivity (Wildman–Crippen MR) is 77.6 cm³/mol. The van der Waals surface area contributed by atoms with Gasteiger partial charge in [0, 0.05) is 5.01 Å². The molecule has 101 valence electrons. The van der Waals surface area contributed by atoms with E-state index in [1.165, 1.54) is 0 Å². The van der Waals surface area contributed by atoms with Gasteiger partial charge in [0.1, 0.15) is 10.6 Å². The molecule has 0 aliphatic heterocycles. The lowest BCUT2D eigenvalue weighted by atomic mass is 10.1. The van der Waals surface area contributed by atoms with E-state index >= 15 is 0 Å². The number of hydrogen-bond donors (Lipinski definition) is 1. The molecule has 1 atom stereocenters. The van der Waals surface area contributed by atoms with E-state index in [0.29, 0.717) is 12.1 Å². The van der Waals surface area contributed by atoms with E-state index in [1.807, 2.05) is 30.3 Å². The number of benzene rings is 2. The third-order valence-electron chi connectivity index (χ3n) is 2.91. The minimum absolute atomic E-state index is 0.360. The van der Waals surface area contributed by atoms with Crippen molar-refractivity contribution in [3.8, 4) is 0 Å². The summed E-state index contributed by atoms with van der Waals surface area (Å²) in [4.78, 5) is 23.1. The molecule has 0 saturated heterocycles. The smallest absolute Gasteiger partial charge is 0.319 e. The highest BCUT2D eigenvalue weighted by molar-refractivity contribution is 5.96. The normalized spacial score (nSPS) is 11.7. The predicted octanol–water partition coefficient (Wildman–Crippen LogP) is 1.61. The molecule has 0 spiro atoms. The Labute approximate surface area is 117 Å². The van der Waals surface area contributed by atoms with Crippen molar-refractivity contribution in [2.75, 3.05) is 5.01 Å². The van der Waals surface area contributed by atoms with Gasteiger partial charge in [0.15, 0.2) is 0 Å². The quantitative estimate of drug-likeness (QED) is 0.837. The molecule has 0 unspecified atom stereocenters. The molecule has 5 nitrogen and oxygen atoms in total. The van der Waals surface area contributed by atoms with Gasteiger partial charge >= 0.3 is 11.2 Å². The fourth-order valence-corrected chi connectivity index (χ4v) is 1.90. The van der Waals surface area contributed by atoms with Crippen molar-refractivity contribution in [1.29, 1.82) is 0 Å². The van der Waals surface area contributed by atoms with E-state index in [0.717, 1.165) is 10.6 Å². The molecule has 0 saturated carbocycles. The Morgan fingerprint density at radius 3 is 2.15 bits per heavy atom. The summed E-state index contributed by atoms with van der Waals surface area (Å²) in [5, 5.41) is 3.57. The molecule has 0 aromatic heterocycles. The van der Waals surface area contributed by atoms with Crippen molar-refractivity contribution in [2.45, 2.75) is 12.5 Å². The van der Waals surface area contributed by atoms with Crippen LogP contribution in [0.1, 0.15) is 5.56 Å². The van der Waals surface area contributed by atoms with Crippen molar-refractivity contribution in [3.63, 3.8) is 0 Å². The Morgan fingerprint density at radius 2 is 1.60 bits per heavy atom. The fraction of sp³-hybridized carbons (Fsp3) is 0.133. The van der Waals surface area contributed by atoms with Crippen LogP contribution in [-0.2, 0) is 11.2 Å². The van der Waals surface area contributed by atoms with Gasteiger partial charge in [0.2, 0.25) is 0 Å². The molecule has 0 fully saturated rings. The number of hydrogen-bond acceptors (Lipinski definition) is 4. The van der Waals surface area contributed by atoms with Crippen LogP contribution in [0, 0.1) is 4.91 Å². The third kappa shape index (κ3) is 3.27. The van der Waals surface area contributed by atoms with Crippen molar-refractivity contribution in [3.05, 3.63) is 71.1 Å². The van der Waals surface area contributed by atoms with E-state index in [-0.39, 0.29) is 0 Å². The number of para-hydroxylation sites is 1. The maximum absolute atomic E-state index is 12.2. The number of rotatable bonds is 5. The molecule has 0 heterocycles. The average molecular weight is 269 g/mol. The lowest BCUT2D eigenvalue weighted by Crippen LogP contribution is -2.45. The van der Waals surface area contributed by atoms with Gasteiger partial charge in [-0.2, -0.15) is 0 Å². The maximum atomic E-state index is 12.2. The van der Waals surface area contributed by atoms with E-state index in [2.05, 4.69) is 5.29 Å². The first-order valence-electron chi connectivity index (χ1n) is 6.24. The monoisotopic (exact) mass is 269 g/mol. The number of carbonyl (C=O) groups excluding carboxylic acids is 1. The maximum Gasteiger partial charge on any atom is 0.494 e.